The highest BCUT2D eigenvalue weighted by atomic mass is 35.5. The summed E-state index contributed by atoms with van der Waals surface area (Å²) in [6.07, 6.45) is 0. The van der Waals surface area contributed by atoms with Gasteiger partial charge < -0.3 is 0 Å². The maximum atomic E-state index is 6.40. The molecule has 0 aliphatic carbocycles. The molecule has 0 aliphatic rings. The predicted molar refractivity (Wildman–Crippen MR) is 80.6 cm³/mol. The van der Waals surface area contributed by atoms with Crippen molar-refractivity contribution in [1.29, 1.82) is 0 Å². The van der Waals surface area contributed by atoms with Crippen molar-refractivity contribution in [3.63, 3.8) is 0 Å². The summed E-state index contributed by atoms with van der Waals surface area (Å²) >= 11 is 30.5. The normalized spacial score (nSPS) is 12.5. The lowest BCUT2D eigenvalue weighted by atomic mass is 10.0. The molecule has 0 fully saturated rings. The van der Waals surface area contributed by atoms with E-state index in [2.05, 4.69) is 0 Å². The minimum absolute atomic E-state index is 0.435. The first-order valence-electron chi connectivity index (χ1n) is 5.03. The molecule has 0 spiro atoms. The van der Waals surface area contributed by atoms with Crippen molar-refractivity contribution in [3.05, 3.63) is 67.6 Å². The molecule has 18 heavy (non-hydrogen) atoms. The summed E-state index contributed by atoms with van der Waals surface area (Å²) in [4.78, 5) is 0. The third-order valence-corrected chi connectivity index (χ3v) is 4.36. The van der Waals surface area contributed by atoms with E-state index in [0.717, 1.165) is 11.1 Å². The second-order valence-electron chi connectivity index (χ2n) is 3.67. The minimum Gasteiger partial charge on any atom is -0.112 e. The van der Waals surface area contributed by atoms with Gasteiger partial charge in [-0.25, -0.2) is 0 Å². The number of alkyl halides is 1. The molecule has 1 unspecified atom stereocenters. The molecule has 94 valence electrons. The van der Waals surface area contributed by atoms with Crippen molar-refractivity contribution in [1.82, 2.24) is 0 Å². The summed E-state index contributed by atoms with van der Waals surface area (Å²) in [5.74, 6) is 0. The summed E-state index contributed by atoms with van der Waals surface area (Å²) in [6, 6.07) is 10.5. The van der Waals surface area contributed by atoms with Crippen molar-refractivity contribution in [3.8, 4) is 0 Å². The molecule has 2 aromatic rings. The van der Waals surface area contributed by atoms with Crippen LogP contribution in [0.4, 0.5) is 0 Å². The molecule has 0 aromatic heterocycles. The van der Waals surface area contributed by atoms with Crippen LogP contribution >= 0.6 is 58.0 Å². The Morgan fingerprint density at radius 1 is 0.778 bits per heavy atom. The summed E-state index contributed by atoms with van der Waals surface area (Å²) < 4.78 is 0. The molecular formula is C13H7Cl5. The molecule has 0 radical (unpaired) electrons. The zero-order chi connectivity index (χ0) is 13.3. The van der Waals surface area contributed by atoms with Crippen LogP contribution in [-0.4, -0.2) is 0 Å². The van der Waals surface area contributed by atoms with Crippen LogP contribution in [0.3, 0.4) is 0 Å². The van der Waals surface area contributed by atoms with Gasteiger partial charge in [0.2, 0.25) is 0 Å². The van der Waals surface area contributed by atoms with E-state index in [4.69, 9.17) is 58.0 Å². The van der Waals surface area contributed by atoms with E-state index in [1.807, 2.05) is 6.07 Å². The van der Waals surface area contributed by atoms with Crippen molar-refractivity contribution >= 4 is 58.0 Å². The van der Waals surface area contributed by atoms with E-state index in [1.165, 1.54) is 0 Å². The van der Waals surface area contributed by atoms with Gasteiger partial charge in [-0.15, -0.1) is 11.6 Å². The first-order valence-corrected chi connectivity index (χ1v) is 6.98. The average Bonchev–Trinajstić information content (AvgIpc) is 2.32. The quantitative estimate of drug-likeness (QED) is 0.538. The summed E-state index contributed by atoms with van der Waals surface area (Å²) in [5.41, 5.74) is 1.46. The molecule has 0 saturated carbocycles. The lowest BCUT2D eigenvalue weighted by molar-refractivity contribution is 1.14. The minimum atomic E-state index is -0.471. The molecule has 0 saturated heterocycles. The Kier molecular flexibility index (Phi) is 4.69. The Balaban J connectivity index is 2.48. The van der Waals surface area contributed by atoms with E-state index >= 15 is 0 Å². The van der Waals surface area contributed by atoms with E-state index in [0.29, 0.717) is 20.1 Å². The van der Waals surface area contributed by atoms with Gasteiger partial charge >= 0.3 is 0 Å². The van der Waals surface area contributed by atoms with Crippen LogP contribution in [0.15, 0.2) is 36.4 Å². The van der Waals surface area contributed by atoms with Gasteiger partial charge in [0.15, 0.2) is 0 Å². The van der Waals surface area contributed by atoms with Crippen LogP contribution in [0.25, 0.3) is 0 Å². The Morgan fingerprint density at radius 2 is 1.50 bits per heavy atom. The fourth-order valence-electron chi connectivity index (χ4n) is 1.59. The lowest BCUT2D eigenvalue weighted by Crippen LogP contribution is -1.95. The largest absolute Gasteiger partial charge is 0.112 e. The van der Waals surface area contributed by atoms with E-state index < -0.39 is 5.38 Å². The highest BCUT2D eigenvalue weighted by Crippen LogP contribution is 2.39. The van der Waals surface area contributed by atoms with Gasteiger partial charge in [0, 0.05) is 10.0 Å². The molecule has 0 bridgehead atoms. The monoisotopic (exact) mass is 338 g/mol. The van der Waals surface area contributed by atoms with E-state index in [1.54, 1.807) is 30.3 Å². The molecule has 1 atom stereocenters. The SMILES string of the molecule is Clc1ccc(C(Cl)c2cccc(Cl)c2Cl)c(Cl)c1. The van der Waals surface area contributed by atoms with Crippen LogP contribution in [0, 0.1) is 0 Å². The topological polar surface area (TPSA) is 0 Å². The van der Waals surface area contributed by atoms with Gasteiger partial charge in [-0.05, 0) is 29.3 Å². The van der Waals surface area contributed by atoms with E-state index in [-0.39, 0.29) is 0 Å². The number of hydrogen-bond donors (Lipinski definition) is 0. The van der Waals surface area contributed by atoms with Crippen LogP contribution < -0.4 is 0 Å². The van der Waals surface area contributed by atoms with Crippen LogP contribution in [0.5, 0.6) is 0 Å². The Labute approximate surface area is 130 Å². The molecule has 2 aromatic carbocycles. The summed E-state index contributed by atoms with van der Waals surface area (Å²) in [7, 11) is 0. The fourth-order valence-corrected chi connectivity index (χ4v) is 3.01. The Hall–Kier alpha value is -0.110. The van der Waals surface area contributed by atoms with Gasteiger partial charge in [-0.3, -0.25) is 0 Å². The molecule has 0 nitrogen and oxygen atoms in total. The zero-order valence-corrected chi connectivity index (χ0v) is 12.7. The molecular weight excluding hydrogens is 333 g/mol. The van der Waals surface area contributed by atoms with Gasteiger partial charge in [0.25, 0.3) is 0 Å². The highest BCUT2D eigenvalue weighted by molar-refractivity contribution is 6.43. The first kappa shape index (κ1) is 14.3. The molecule has 0 N–H and O–H groups in total. The van der Waals surface area contributed by atoms with Crippen molar-refractivity contribution in [2.75, 3.05) is 0 Å². The lowest BCUT2D eigenvalue weighted by Gasteiger charge is -2.14. The number of halogens is 5. The second-order valence-corrected chi connectivity index (χ2v) is 5.74. The van der Waals surface area contributed by atoms with Crippen molar-refractivity contribution < 1.29 is 0 Å². The summed E-state index contributed by atoms with van der Waals surface area (Å²) in [5, 5.41) is 1.49. The molecule has 0 amide bonds. The zero-order valence-electron chi connectivity index (χ0n) is 8.93. The number of benzene rings is 2. The third kappa shape index (κ3) is 2.89. The maximum absolute atomic E-state index is 6.40. The fraction of sp³-hybridized carbons (Fsp3) is 0.0769. The van der Waals surface area contributed by atoms with Crippen molar-refractivity contribution in [2.24, 2.45) is 0 Å². The van der Waals surface area contributed by atoms with Gasteiger partial charge in [0.1, 0.15) is 0 Å². The second kappa shape index (κ2) is 5.90. The first-order chi connectivity index (χ1) is 8.50. The smallest absolute Gasteiger partial charge is 0.0864 e. The maximum Gasteiger partial charge on any atom is 0.0864 e. The van der Waals surface area contributed by atoms with Gasteiger partial charge in [-0.2, -0.15) is 0 Å². The van der Waals surface area contributed by atoms with Crippen LogP contribution in [0.1, 0.15) is 16.5 Å². The average molecular weight is 340 g/mol. The number of hydrogen-bond acceptors (Lipinski definition) is 0. The Morgan fingerprint density at radius 3 is 2.17 bits per heavy atom. The summed E-state index contributed by atoms with van der Waals surface area (Å²) in [6.45, 7) is 0. The van der Waals surface area contributed by atoms with Gasteiger partial charge in [-0.1, -0.05) is 64.6 Å². The molecule has 0 heterocycles. The van der Waals surface area contributed by atoms with Gasteiger partial charge in [0.05, 0.1) is 15.4 Å². The Bertz CT molecular complexity index is 580. The standard InChI is InChI=1S/C13H7Cl5/c14-7-4-5-8(11(16)6-7)12(17)9-2-1-3-10(15)13(9)18/h1-6,12H. The van der Waals surface area contributed by atoms with Crippen molar-refractivity contribution in [2.45, 2.75) is 5.38 Å². The molecule has 5 heteroatoms. The molecule has 2 rings (SSSR count). The number of rotatable bonds is 2. The highest BCUT2D eigenvalue weighted by Gasteiger charge is 2.18. The van der Waals surface area contributed by atoms with E-state index in [9.17, 15) is 0 Å². The molecule has 0 aliphatic heterocycles. The predicted octanol–water partition coefficient (Wildman–Crippen LogP) is 6.63. The van der Waals surface area contributed by atoms with Crippen LogP contribution in [0.2, 0.25) is 20.1 Å². The third-order valence-electron chi connectivity index (χ3n) is 2.49. The van der Waals surface area contributed by atoms with Crippen LogP contribution in [-0.2, 0) is 0 Å².